The summed E-state index contributed by atoms with van der Waals surface area (Å²) in [4.78, 5) is 2.66. The second-order valence-corrected chi connectivity index (χ2v) is 7.57. The van der Waals surface area contributed by atoms with E-state index in [1.165, 1.54) is 58.4 Å². The summed E-state index contributed by atoms with van der Waals surface area (Å²) in [6.07, 6.45) is 5.38. The van der Waals surface area contributed by atoms with E-state index in [0.29, 0.717) is 0 Å². The number of benzene rings is 1. The van der Waals surface area contributed by atoms with Gasteiger partial charge in [0.15, 0.2) is 0 Å². The van der Waals surface area contributed by atoms with Crippen molar-refractivity contribution >= 4 is 11.3 Å². The quantitative estimate of drug-likeness (QED) is 0.861. The van der Waals surface area contributed by atoms with Crippen molar-refractivity contribution < 1.29 is 5.11 Å². The summed E-state index contributed by atoms with van der Waals surface area (Å²) in [5.74, 6) is 0. The molecule has 0 fully saturated rings. The minimum atomic E-state index is -0.360. The van der Waals surface area contributed by atoms with E-state index in [0.717, 1.165) is 11.3 Å². The molecule has 0 aliphatic heterocycles. The molecule has 1 aliphatic rings. The summed E-state index contributed by atoms with van der Waals surface area (Å²) in [5, 5.41) is 10.7. The Balaban J connectivity index is 1.83. The van der Waals surface area contributed by atoms with Gasteiger partial charge in [-0.1, -0.05) is 17.7 Å². The van der Waals surface area contributed by atoms with Crippen molar-refractivity contribution in [2.75, 3.05) is 0 Å². The fraction of sp³-hybridized carbons (Fsp3) is 0.474. The van der Waals surface area contributed by atoms with Crippen LogP contribution in [0.2, 0.25) is 0 Å². The van der Waals surface area contributed by atoms with E-state index in [1.54, 1.807) is 0 Å². The smallest absolute Gasteiger partial charge is 0.0922 e. The zero-order valence-electron chi connectivity index (χ0n) is 13.2. The predicted octanol–water partition coefficient (Wildman–Crippen LogP) is 4.83. The Bertz CT molecular complexity index is 607. The topological polar surface area (TPSA) is 20.2 Å². The van der Waals surface area contributed by atoms with Crippen molar-refractivity contribution in [3.05, 3.63) is 55.8 Å². The second kappa shape index (κ2) is 5.94. The van der Waals surface area contributed by atoms with E-state index in [1.807, 2.05) is 11.3 Å². The van der Waals surface area contributed by atoms with Crippen LogP contribution >= 0.6 is 11.3 Å². The van der Waals surface area contributed by atoms with E-state index < -0.39 is 0 Å². The average Bonchev–Trinajstić information content (AvgIpc) is 2.86. The molecular weight excluding hydrogens is 276 g/mol. The van der Waals surface area contributed by atoms with Crippen LogP contribution in [-0.4, -0.2) is 5.11 Å². The fourth-order valence-electron chi connectivity index (χ4n) is 3.50. The highest BCUT2D eigenvalue weighted by Crippen LogP contribution is 2.34. The van der Waals surface area contributed by atoms with Crippen molar-refractivity contribution in [2.45, 2.75) is 59.0 Å². The molecule has 1 N–H and O–H groups in total. The van der Waals surface area contributed by atoms with E-state index in [-0.39, 0.29) is 6.10 Å². The molecule has 1 atom stereocenters. The summed E-state index contributed by atoms with van der Waals surface area (Å²) in [7, 11) is 0. The first-order valence-electron chi connectivity index (χ1n) is 7.91. The summed E-state index contributed by atoms with van der Waals surface area (Å²) in [6, 6.07) is 6.69. The van der Waals surface area contributed by atoms with Crippen LogP contribution in [0.4, 0.5) is 0 Å². The summed E-state index contributed by atoms with van der Waals surface area (Å²) < 4.78 is 0. The van der Waals surface area contributed by atoms with E-state index in [2.05, 4.69) is 39.0 Å². The van der Waals surface area contributed by atoms with Crippen LogP contribution in [0.3, 0.4) is 0 Å². The monoisotopic (exact) mass is 300 g/mol. The zero-order valence-corrected chi connectivity index (χ0v) is 14.0. The normalized spacial score (nSPS) is 15.8. The van der Waals surface area contributed by atoms with Gasteiger partial charge in [0.1, 0.15) is 0 Å². The minimum absolute atomic E-state index is 0.360. The van der Waals surface area contributed by atoms with Gasteiger partial charge in [0, 0.05) is 16.2 Å². The number of hydrogen-bond acceptors (Lipinski definition) is 2. The van der Waals surface area contributed by atoms with Gasteiger partial charge in [0.25, 0.3) is 0 Å². The Morgan fingerprint density at radius 1 is 1.05 bits per heavy atom. The highest BCUT2D eigenvalue weighted by atomic mass is 32.1. The molecular formula is C19H24OS. The van der Waals surface area contributed by atoms with Gasteiger partial charge in [-0.15, -0.1) is 11.3 Å². The third kappa shape index (κ3) is 3.07. The highest BCUT2D eigenvalue weighted by Gasteiger charge is 2.19. The van der Waals surface area contributed by atoms with Crippen LogP contribution < -0.4 is 0 Å². The summed E-state index contributed by atoms with van der Waals surface area (Å²) in [6.45, 7) is 6.44. The van der Waals surface area contributed by atoms with Gasteiger partial charge >= 0.3 is 0 Å². The highest BCUT2D eigenvalue weighted by molar-refractivity contribution is 7.12. The summed E-state index contributed by atoms with van der Waals surface area (Å²) >= 11 is 1.83. The largest absolute Gasteiger partial charge is 0.387 e. The molecule has 0 amide bonds. The third-order valence-corrected chi connectivity index (χ3v) is 5.92. The predicted molar refractivity (Wildman–Crippen MR) is 90.3 cm³/mol. The molecule has 21 heavy (non-hydrogen) atoms. The van der Waals surface area contributed by atoms with E-state index in [9.17, 15) is 5.11 Å². The van der Waals surface area contributed by atoms with Gasteiger partial charge in [0.05, 0.1) is 6.10 Å². The maximum atomic E-state index is 10.7. The van der Waals surface area contributed by atoms with Crippen molar-refractivity contribution in [3.8, 4) is 0 Å². The number of aliphatic hydroxyl groups is 1. The van der Waals surface area contributed by atoms with Crippen LogP contribution in [-0.2, 0) is 19.3 Å². The van der Waals surface area contributed by atoms with Crippen LogP contribution in [0.25, 0.3) is 0 Å². The zero-order chi connectivity index (χ0) is 15.0. The molecule has 0 spiro atoms. The molecule has 1 heterocycles. The molecule has 0 bridgehead atoms. The van der Waals surface area contributed by atoms with Gasteiger partial charge in [-0.3, -0.25) is 0 Å². The standard InChI is InChI=1S/C19H24OS/c1-12-8-13(2)16(14(3)9-12)11-17(20)19-10-15-6-4-5-7-18(15)21-19/h8-10,17,20H,4-7,11H2,1-3H3. The average molecular weight is 300 g/mol. The first kappa shape index (κ1) is 14.8. The van der Waals surface area contributed by atoms with E-state index >= 15 is 0 Å². The lowest BCUT2D eigenvalue weighted by atomic mass is 9.94. The van der Waals surface area contributed by atoms with Gasteiger partial charge in [-0.25, -0.2) is 0 Å². The molecule has 2 aromatic rings. The van der Waals surface area contributed by atoms with Crippen molar-refractivity contribution in [3.63, 3.8) is 0 Å². The fourth-order valence-corrected chi connectivity index (χ4v) is 4.75. The molecule has 112 valence electrons. The Morgan fingerprint density at radius 2 is 1.71 bits per heavy atom. The number of fused-ring (bicyclic) bond motifs is 1. The Morgan fingerprint density at radius 3 is 2.38 bits per heavy atom. The van der Waals surface area contributed by atoms with Crippen molar-refractivity contribution in [1.82, 2.24) is 0 Å². The van der Waals surface area contributed by atoms with Crippen LogP contribution in [0.1, 0.15) is 56.5 Å². The molecule has 0 saturated carbocycles. The molecule has 1 unspecified atom stereocenters. The van der Waals surface area contributed by atoms with Crippen molar-refractivity contribution in [1.29, 1.82) is 0 Å². The molecule has 1 nitrogen and oxygen atoms in total. The van der Waals surface area contributed by atoms with Gasteiger partial charge < -0.3 is 5.11 Å². The minimum Gasteiger partial charge on any atom is -0.387 e. The lowest BCUT2D eigenvalue weighted by Crippen LogP contribution is -2.04. The van der Waals surface area contributed by atoms with Crippen molar-refractivity contribution in [2.24, 2.45) is 0 Å². The Kier molecular flexibility index (Phi) is 4.19. The third-order valence-electron chi connectivity index (χ3n) is 4.58. The maximum absolute atomic E-state index is 10.7. The molecule has 3 rings (SSSR count). The molecule has 0 saturated heterocycles. The van der Waals surface area contributed by atoms with E-state index in [4.69, 9.17) is 0 Å². The van der Waals surface area contributed by atoms with Gasteiger partial charge in [-0.2, -0.15) is 0 Å². The first-order valence-corrected chi connectivity index (χ1v) is 8.72. The number of rotatable bonds is 3. The SMILES string of the molecule is Cc1cc(C)c(CC(O)c2cc3c(s2)CCCC3)c(C)c1. The number of thiophene rings is 1. The lowest BCUT2D eigenvalue weighted by molar-refractivity contribution is 0.182. The molecule has 1 aliphatic carbocycles. The summed E-state index contributed by atoms with van der Waals surface area (Å²) in [5.41, 5.74) is 6.69. The first-order chi connectivity index (χ1) is 10.0. The molecule has 1 aromatic heterocycles. The molecule has 1 aromatic carbocycles. The molecule has 0 radical (unpaired) electrons. The molecule has 2 heteroatoms. The number of aliphatic hydroxyl groups excluding tert-OH is 1. The van der Waals surface area contributed by atoms with Gasteiger partial charge in [0.2, 0.25) is 0 Å². The van der Waals surface area contributed by atoms with Crippen LogP contribution in [0.5, 0.6) is 0 Å². The van der Waals surface area contributed by atoms with Crippen LogP contribution in [0, 0.1) is 20.8 Å². The lowest BCUT2D eigenvalue weighted by Gasteiger charge is -2.14. The maximum Gasteiger partial charge on any atom is 0.0922 e. The Hall–Kier alpha value is -1.12. The number of aryl methyl sites for hydroxylation is 5. The van der Waals surface area contributed by atoms with Crippen LogP contribution in [0.15, 0.2) is 18.2 Å². The number of hydrogen-bond donors (Lipinski definition) is 1. The van der Waals surface area contributed by atoms with Gasteiger partial charge in [-0.05, 0) is 74.8 Å². The Labute approximate surface area is 131 Å². The second-order valence-electron chi connectivity index (χ2n) is 6.40.